The van der Waals surface area contributed by atoms with E-state index in [0.717, 1.165) is 11.1 Å². The Morgan fingerprint density at radius 3 is 2.40 bits per heavy atom. The predicted molar refractivity (Wildman–Crippen MR) is 73.3 cm³/mol. The molecule has 0 heterocycles. The van der Waals surface area contributed by atoms with Crippen LogP contribution in [0.15, 0.2) is 18.2 Å². The summed E-state index contributed by atoms with van der Waals surface area (Å²) in [5, 5.41) is 13.6. The van der Waals surface area contributed by atoms with Gasteiger partial charge in [0, 0.05) is 5.69 Å². The number of rotatable bonds is 5. The smallest absolute Gasteiger partial charge is 0.326 e. The van der Waals surface area contributed by atoms with Crippen molar-refractivity contribution in [2.45, 2.75) is 26.3 Å². The zero-order valence-corrected chi connectivity index (χ0v) is 11.3. The molecule has 1 aromatic carbocycles. The number of carboxylic acids is 1. The Kier molecular flexibility index (Phi) is 5.08. The number of nitrogens with two attached hydrogens (primary N) is 1. The Morgan fingerprint density at radius 2 is 1.90 bits per heavy atom. The molecule has 3 amide bonds. The molecule has 1 aromatic rings. The van der Waals surface area contributed by atoms with E-state index >= 15 is 0 Å². The largest absolute Gasteiger partial charge is 0.480 e. The van der Waals surface area contributed by atoms with Crippen LogP contribution in [0.1, 0.15) is 17.5 Å². The van der Waals surface area contributed by atoms with Gasteiger partial charge >= 0.3 is 12.0 Å². The molecule has 0 saturated carbocycles. The molecule has 7 heteroatoms. The summed E-state index contributed by atoms with van der Waals surface area (Å²) in [6.07, 6.45) is -0.463. The highest BCUT2D eigenvalue weighted by molar-refractivity contribution is 5.93. The zero-order chi connectivity index (χ0) is 15.3. The first-order valence-corrected chi connectivity index (χ1v) is 5.95. The summed E-state index contributed by atoms with van der Waals surface area (Å²) >= 11 is 0. The molecule has 0 fully saturated rings. The lowest BCUT2D eigenvalue weighted by molar-refractivity contribution is -0.140. The van der Waals surface area contributed by atoms with Crippen molar-refractivity contribution in [1.29, 1.82) is 0 Å². The molecule has 0 aliphatic carbocycles. The lowest BCUT2D eigenvalue weighted by Crippen LogP contribution is -2.45. The van der Waals surface area contributed by atoms with Crippen LogP contribution >= 0.6 is 0 Å². The van der Waals surface area contributed by atoms with E-state index in [9.17, 15) is 14.4 Å². The maximum absolute atomic E-state index is 11.7. The number of anilines is 1. The molecule has 5 N–H and O–H groups in total. The van der Waals surface area contributed by atoms with Gasteiger partial charge in [0.15, 0.2) is 0 Å². The molecule has 20 heavy (non-hydrogen) atoms. The van der Waals surface area contributed by atoms with Crippen molar-refractivity contribution in [3.05, 3.63) is 29.3 Å². The Hall–Kier alpha value is -2.57. The van der Waals surface area contributed by atoms with Crippen molar-refractivity contribution in [3.8, 4) is 0 Å². The van der Waals surface area contributed by atoms with Crippen LogP contribution in [0.25, 0.3) is 0 Å². The lowest BCUT2D eigenvalue weighted by atomic mass is 10.1. The molecule has 0 aromatic heterocycles. The predicted octanol–water partition coefficient (Wildman–Crippen LogP) is 0.754. The van der Waals surface area contributed by atoms with E-state index in [1.54, 1.807) is 12.1 Å². The number of aryl methyl sites for hydroxylation is 2. The average Bonchev–Trinajstić information content (AvgIpc) is 2.32. The van der Waals surface area contributed by atoms with Gasteiger partial charge in [-0.25, -0.2) is 9.59 Å². The summed E-state index contributed by atoms with van der Waals surface area (Å²) in [4.78, 5) is 33.3. The van der Waals surface area contributed by atoms with E-state index in [1.165, 1.54) is 0 Å². The van der Waals surface area contributed by atoms with Crippen molar-refractivity contribution in [2.75, 3.05) is 5.32 Å². The molecule has 0 bridgehead atoms. The maximum atomic E-state index is 11.7. The van der Waals surface area contributed by atoms with Crippen LogP contribution in [0.3, 0.4) is 0 Å². The van der Waals surface area contributed by atoms with Crippen molar-refractivity contribution >= 4 is 23.6 Å². The first-order chi connectivity index (χ1) is 9.29. The third-order valence-corrected chi connectivity index (χ3v) is 2.77. The normalized spacial score (nSPS) is 11.5. The monoisotopic (exact) mass is 279 g/mol. The van der Waals surface area contributed by atoms with E-state index in [4.69, 9.17) is 10.8 Å². The molecule has 0 unspecified atom stereocenters. The molecule has 0 aliphatic rings. The van der Waals surface area contributed by atoms with E-state index < -0.39 is 30.4 Å². The molecule has 1 rings (SSSR count). The third kappa shape index (κ3) is 4.60. The number of carbonyl (C=O) groups is 3. The van der Waals surface area contributed by atoms with E-state index in [2.05, 4.69) is 10.6 Å². The van der Waals surface area contributed by atoms with Crippen molar-refractivity contribution in [2.24, 2.45) is 5.73 Å². The maximum Gasteiger partial charge on any atom is 0.326 e. The first kappa shape index (κ1) is 15.5. The quantitative estimate of drug-likeness (QED) is 0.635. The summed E-state index contributed by atoms with van der Waals surface area (Å²) in [5.74, 6) is -2.12. The summed E-state index contributed by atoms with van der Waals surface area (Å²) in [5.41, 5.74) is 7.53. The SMILES string of the molecule is Cc1ccc(NC(=O)N[C@H](CC(N)=O)C(=O)O)cc1C. The number of urea groups is 1. The van der Waals surface area contributed by atoms with Crippen molar-refractivity contribution < 1.29 is 19.5 Å². The number of aliphatic carboxylic acids is 1. The van der Waals surface area contributed by atoms with Crippen LogP contribution in [-0.2, 0) is 9.59 Å². The summed E-state index contributed by atoms with van der Waals surface area (Å²) in [7, 11) is 0. The first-order valence-electron chi connectivity index (χ1n) is 5.95. The number of benzene rings is 1. The minimum absolute atomic E-state index is 0.463. The van der Waals surface area contributed by atoms with Gasteiger partial charge in [-0.3, -0.25) is 4.79 Å². The fraction of sp³-hybridized carbons (Fsp3) is 0.308. The van der Waals surface area contributed by atoms with Gasteiger partial charge in [0.25, 0.3) is 0 Å². The topological polar surface area (TPSA) is 122 Å². The second-order valence-corrected chi connectivity index (χ2v) is 4.46. The molecule has 108 valence electrons. The number of nitrogens with one attached hydrogen (secondary N) is 2. The van der Waals surface area contributed by atoms with E-state index in [0.29, 0.717) is 5.69 Å². The molecule has 0 radical (unpaired) electrons. The zero-order valence-electron chi connectivity index (χ0n) is 11.3. The fourth-order valence-electron chi connectivity index (χ4n) is 1.55. The highest BCUT2D eigenvalue weighted by Crippen LogP contribution is 2.13. The molecule has 1 atom stereocenters. The average molecular weight is 279 g/mol. The second-order valence-electron chi connectivity index (χ2n) is 4.46. The van der Waals surface area contributed by atoms with Gasteiger partial charge in [0.05, 0.1) is 6.42 Å². The number of amides is 3. The Balaban J connectivity index is 2.67. The van der Waals surface area contributed by atoms with Crippen LogP contribution in [0.5, 0.6) is 0 Å². The Bertz CT molecular complexity index is 542. The molecular weight excluding hydrogens is 262 g/mol. The molecular formula is C13H17N3O4. The number of carbonyl (C=O) groups excluding carboxylic acids is 2. The molecule has 0 saturated heterocycles. The number of carboxylic acid groups (broad SMARTS) is 1. The Labute approximate surface area is 116 Å². The molecule has 7 nitrogen and oxygen atoms in total. The number of primary amides is 1. The van der Waals surface area contributed by atoms with Crippen LogP contribution in [-0.4, -0.2) is 29.1 Å². The van der Waals surface area contributed by atoms with Gasteiger partial charge in [-0.15, -0.1) is 0 Å². The van der Waals surface area contributed by atoms with Crippen molar-refractivity contribution in [1.82, 2.24) is 5.32 Å². The van der Waals surface area contributed by atoms with Gasteiger partial charge in [-0.05, 0) is 37.1 Å². The molecule has 0 aliphatic heterocycles. The standard InChI is InChI=1S/C13H17N3O4/c1-7-3-4-9(5-8(7)2)15-13(20)16-10(12(18)19)6-11(14)17/h3-5,10H,6H2,1-2H3,(H2,14,17)(H,18,19)(H2,15,16,20)/t10-/m1/s1. The molecule has 0 spiro atoms. The van der Waals surface area contributed by atoms with Gasteiger partial charge in [-0.2, -0.15) is 0 Å². The van der Waals surface area contributed by atoms with Gasteiger partial charge < -0.3 is 21.5 Å². The van der Waals surface area contributed by atoms with Crippen LogP contribution in [0.4, 0.5) is 10.5 Å². The number of hydrogen-bond acceptors (Lipinski definition) is 3. The van der Waals surface area contributed by atoms with Gasteiger partial charge in [0.2, 0.25) is 5.91 Å². The second kappa shape index (κ2) is 6.55. The van der Waals surface area contributed by atoms with Gasteiger partial charge in [0.1, 0.15) is 6.04 Å². The highest BCUT2D eigenvalue weighted by Gasteiger charge is 2.22. The lowest BCUT2D eigenvalue weighted by Gasteiger charge is -2.14. The van der Waals surface area contributed by atoms with E-state index in [1.807, 2.05) is 19.9 Å². The summed E-state index contributed by atoms with van der Waals surface area (Å²) in [6, 6.07) is 3.24. The van der Waals surface area contributed by atoms with Crippen LogP contribution in [0, 0.1) is 13.8 Å². The summed E-state index contributed by atoms with van der Waals surface area (Å²) in [6.45, 7) is 3.83. The Morgan fingerprint density at radius 1 is 1.25 bits per heavy atom. The minimum atomic E-state index is -1.35. The summed E-state index contributed by atoms with van der Waals surface area (Å²) < 4.78 is 0. The van der Waals surface area contributed by atoms with Crippen LogP contribution in [0.2, 0.25) is 0 Å². The minimum Gasteiger partial charge on any atom is -0.480 e. The highest BCUT2D eigenvalue weighted by atomic mass is 16.4. The van der Waals surface area contributed by atoms with Gasteiger partial charge in [-0.1, -0.05) is 6.07 Å². The van der Waals surface area contributed by atoms with Crippen molar-refractivity contribution in [3.63, 3.8) is 0 Å². The third-order valence-electron chi connectivity index (χ3n) is 2.77. The van der Waals surface area contributed by atoms with E-state index in [-0.39, 0.29) is 0 Å². The number of hydrogen-bond donors (Lipinski definition) is 4. The fourth-order valence-corrected chi connectivity index (χ4v) is 1.55. The van der Waals surface area contributed by atoms with Crippen LogP contribution < -0.4 is 16.4 Å².